The topological polar surface area (TPSA) is 75.0 Å². The lowest BCUT2D eigenvalue weighted by atomic mass is 9.70. The minimum atomic E-state index is -3.28. The monoisotopic (exact) mass is 503 g/mol. The van der Waals surface area contributed by atoms with Crippen molar-refractivity contribution in [3.63, 3.8) is 0 Å². The van der Waals surface area contributed by atoms with Crippen LogP contribution in [0.2, 0.25) is 5.02 Å². The van der Waals surface area contributed by atoms with Crippen LogP contribution in [0.4, 0.5) is 0 Å². The summed E-state index contributed by atoms with van der Waals surface area (Å²) in [6.45, 7) is 3.78. The Kier molecular flexibility index (Phi) is 5.93. The van der Waals surface area contributed by atoms with Crippen molar-refractivity contribution >= 4 is 32.5 Å². The van der Waals surface area contributed by atoms with E-state index in [1.807, 2.05) is 43.4 Å². The summed E-state index contributed by atoms with van der Waals surface area (Å²) in [5.41, 5.74) is 3.91. The highest BCUT2D eigenvalue weighted by Gasteiger charge is 2.55. The van der Waals surface area contributed by atoms with Crippen LogP contribution in [0.3, 0.4) is 0 Å². The van der Waals surface area contributed by atoms with Crippen LogP contribution < -0.4 is 4.74 Å². The fourth-order valence-electron chi connectivity index (χ4n) is 5.77. The lowest BCUT2D eigenvalue weighted by Gasteiger charge is -2.55. The molecule has 1 spiro atoms. The van der Waals surface area contributed by atoms with Gasteiger partial charge in [0.25, 0.3) is 0 Å². The number of benzene rings is 2. The fraction of sp³-hybridized carbons (Fsp3) is 0.440. The van der Waals surface area contributed by atoms with E-state index in [1.54, 1.807) is 18.3 Å². The van der Waals surface area contributed by atoms with E-state index in [2.05, 4.69) is 15.5 Å². The third kappa shape index (κ3) is 3.63. The zero-order valence-corrected chi connectivity index (χ0v) is 21.2. The highest BCUT2D eigenvalue weighted by molar-refractivity contribution is 7.89. The first-order chi connectivity index (χ1) is 16.2. The minimum absolute atomic E-state index is 0.0398. The summed E-state index contributed by atoms with van der Waals surface area (Å²) in [7, 11) is 0.384. The third-order valence-electron chi connectivity index (χ3n) is 7.41. The first-order valence-corrected chi connectivity index (χ1v) is 13.5. The van der Waals surface area contributed by atoms with Gasteiger partial charge in [-0.25, -0.2) is 8.42 Å². The normalized spacial score (nSPS) is 20.4. The number of methoxy groups -OCH3 is 1. The molecule has 2 aliphatic rings. The molecule has 1 N–H and O–H groups in total. The predicted octanol–water partition coefficient (Wildman–Crippen LogP) is 3.29. The van der Waals surface area contributed by atoms with E-state index >= 15 is 0 Å². The number of aliphatic hydroxyl groups is 1. The molecule has 5 rings (SSSR count). The molecule has 7 nitrogen and oxygen atoms in total. The first-order valence-electron chi connectivity index (χ1n) is 11.5. The van der Waals surface area contributed by atoms with Gasteiger partial charge in [-0.3, -0.25) is 4.90 Å². The number of halogens is 1. The molecular weight excluding hydrogens is 474 g/mol. The number of aliphatic hydroxyl groups excluding tert-OH is 1. The van der Waals surface area contributed by atoms with Gasteiger partial charge in [0.05, 0.1) is 31.0 Å². The number of sulfonamides is 1. The van der Waals surface area contributed by atoms with Gasteiger partial charge >= 0.3 is 0 Å². The van der Waals surface area contributed by atoms with E-state index < -0.39 is 10.0 Å². The van der Waals surface area contributed by atoms with Crippen LogP contribution >= 0.6 is 11.6 Å². The Labute approximate surface area is 205 Å². The third-order valence-corrected chi connectivity index (χ3v) is 9.42. The molecule has 1 saturated heterocycles. The van der Waals surface area contributed by atoms with Crippen molar-refractivity contribution in [2.45, 2.75) is 24.9 Å². The molecule has 34 heavy (non-hydrogen) atoms. The Hall–Kier alpha value is -2.10. The summed E-state index contributed by atoms with van der Waals surface area (Å²) in [5.74, 6) is 0.855. The van der Waals surface area contributed by atoms with Gasteiger partial charge in [0.2, 0.25) is 10.0 Å². The van der Waals surface area contributed by atoms with Gasteiger partial charge in [0, 0.05) is 60.8 Å². The predicted molar refractivity (Wildman–Crippen MR) is 134 cm³/mol. The molecule has 182 valence electrons. The average molecular weight is 504 g/mol. The van der Waals surface area contributed by atoms with Crippen LogP contribution in [-0.4, -0.2) is 66.4 Å². The van der Waals surface area contributed by atoms with E-state index in [1.165, 1.54) is 0 Å². The molecule has 1 fully saturated rings. The largest absolute Gasteiger partial charge is 0.497 e. The van der Waals surface area contributed by atoms with Gasteiger partial charge in [-0.15, -0.1) is 0 Å². The molecule has 2 aromatic carbocycles. The first kappa shape index (κ1) is 23.6. The SMILES string of the molecule is CCS(=O)(=O)N1CC2(CN(Cc3cccc(Cl)c3)[C@H](CO)c3c2c2ccc(OC)cc2n3C)C1. The maximum atomic E-state index is 12.6. The molecule has 0 radical (unpaired) electrons. The molecule has 2 aliphatic heterocycles. The number of rotatable bonds is 6. The Bertz CT molecular complexity index is 1350. The van der Waals surface area contributed by atoms with Gasteiger partial charge in [-0.1, -0.05) is 23.7 Å². The van der Waals surface area contributed by atoms with E-state index in [9.17, 15) is 13.5 Å². The fourth-order valence-corrected chi connectivity index (χ4v) is 7.23. The standard InChI is InChI=1S/C25H30ClN3O4S/c1-4-34(31,32)29-15-25(16-29)14-28(12-17-6-5-7-18(26)10-17)22(13-30)24-23(25)20-9-8-19(33-3)11-21(20)27(24)2/h5-11,22,30H,4,12-16H2,1-3H3/t22-/m1/s1. The lowest BCUT2D eigenvalue weighted by molar-refractivity contribution is 0.0242. The number of fused-ring (bicyclic) bond motifs is 4. The van der Waals surface area contributed by atoms with Crippen molar-refractivity contribution < 1.29 is 18.3 Å². The lowest BCUT2D eigenvalue weighted by Crippen LogP contribution is -2.67. The van der Waals surface area contributed by atoms with Crippen molar-refractivity contribution in [1.82, 2.24) is 13.8 Å². The van der Waals surface area contributed by atoms with Gasteiger partial charge < -0.3 is 14.4 Å². The number of nitrogens with zero attached hydrogens (tertiary/aromatic N) is 3. The summed E-state index contributed by atoms with van der Waals surface area (Å²) in [5, 5.41) is 12.3. The summed E-state index contributed by atoms with van der Waals surface area (Å²) in [6.07, 6.45) is 0. The zero-order valence-electron chi connectivity index (χ0n) is 19.7. The van der Waals surface area contributed by atoms with Crippen LogP contribution in [0, 0.1) is 0 Å². The number of aromatic nitrogens is 1. The summed E-state index contributed by atoms with van der Waals surface area (Å²) < 4.78 is 34.5. The van der Waals surface area contributed by atoms with Crippen molar-refractivity contribution in [3.05, 3.63) is 64.3 Å². The van der Waals surface area contributed by atoms with Crippen molar-refractivity contribution in [1.29, 1.82) is 0 Å². The molecule has 3 heterocycles. The van der Waals surface area contributed by atoms with Crippen molar-refractivity contribution in [3.8, 4) is 5.75 Å². The number of ether oxygens (including phenoxy) is 1. The second-order valence-corrected chi connectivity index (χ2v) is 12.1. The number of hydrogen-bond donors (Lipinski definition) is 1. The van der Waals surface area contributed by atoms with Crippen LogP contribution in [0.1, 0.15) is 29.8 Å². The van der Waals surface area contributed by atoms with E-state index in [-0.39, 0.29) is 23.8 Å². The molecule has 3 aromatic rings. The molecule has 0 aliphatic carbocycles. The highest BCUT2D eigenvalue weighted by atomic mass is 35.5. The van der Waals surface area contributed by atoms with E-state index in [0.29, 0.717) is 31.2 Å². The van der Waals surface area contributed by atoms with Gasteiger partial charge in [0.15, 0.2) is 0 Å². The average Bonchev–Trinajstić information content (AvgIpc) is 3.09. The Balaban J connectivity index is 1.66. The molecular formula is C25H30ClN3O4S. The smallest absolute Gasteiger partial charge is 0.213 e. The Morgan fingerprint density at radius 2 is 1.94 bits per heavy atom. The van der Waals surface area contributed by atoms with Gasteiger partial charge in [-0.05, 0) is 42.3 Å². The number of aryl methyl sites for hydroxylation is 1. The zero-order chi connectivity index (χ0) is 24.3. The number of hydrogen-bond acceptors (Lipinski definition) is 5. The van der Waals surface area contributed by atoms with Crippen molar-refractivity contribution in [2.24, 2.45) is 7.05 Å². The maximum absolute atomic E-state index is 12.6. The summed E-state index contributed by atoms with van der Waals surface area (Å²) >= 11 is 6.24. The molecule has 0 bridgehead atoms. The second kappa shape index (κ2) is 8.53. The quantitative estimate of drug-likeness (QED) is 0.558. The van der Waals surface area contributed by atoms with Gasteiger partial charge in [0.1, 0.15) is 5.75 Å². The van der Waals surface area contributed by atoms with E-state index in [0.717, 1.165) is 33.5 Å². The molecule has 1 atom stereocenters. The summed E-state index contributed by atoms with van der Waals surface area (Å²) in [4.78, 5) is 2.26. The molecule has 1 aromatic heterocycles. The van der Waals surface area contributed by atoms with Crippen LogP contribution in [0.5, 0.6) is 5.75 Å². The Morgan fingerprint density at radius 1 is 1.18 bits per heavy atom. The van der Waals surface area contributed by atoms with Gasteiger partial charge in [-0.2, -0.15) is 4.31 Å². The molecule has 0 amide bonds. The van der Waals surface area contributed by atoms with Crippen LogP contribution in [-0.2, 0) is 29.0 Å². The maximum Gasteiger partial charge on any atom is 0.213 e. The second-order valence-electron chi connectivity index (χ2n) is 9.38. The van der Waals surface area contributed by atoms with E-state index in [4.69, 9.17) is 16.3 Å². The molecule has 9 heteroatoms. The molecule has 0 saturated carbocycles. The van der Waals surface area contributed by atoms with Crippen molar-refractivity contribution in [2.75, 3.05) is 39.1 Å². The summed E-state index contributed by atoms with van der Waals surface area (Å²) in [6, 6.07) is 13.5. The van der Waals surface area contributed by atoms with Crippen LogP contribution in [0.25, 0.3) is 10.9 Å². The Morgan fingerprint density at radius 3 is 2.59 bits per heavy atom. The van der Waals surface area contributed by atoms with Crippen LogP contribution in [0.15, 0.2) is 42.5 Å². The highest BCUT2D eigenvalue weighted by Crippen LogP contribution is 2.50. The molecule has 0 unspecified atom stereocenters. The minimum Gasteiger partial charge on any atom is -0.497 e.